The van der Waals surface area contributed by atoms with E-state index in [0.29, 0.717) is 46.5 Å². The number of pyridine rings is 1. The van der Waals surface area contributed by atoms with Gasteiger partial charge in [0.15, 0.2) is 22.7 Å². The second-order valence-electron chi connectivity index (χ2n) is 8.28. The Morgan fingerprint density at radius 1 is 1.03 bits per heavy atom. The van der Waals surface area contributed by atoms with Crippen LogP contribution in [0.3, 0.4) is 0 Å². The van der Waals surface area contributed by atoms with Crippen LogP contribution in [-0.4, -0.2) is 43.6 Å². The van der Waals surface area contributed by atoms with Crippen molar-refractivity contribution in [2.24, 2.45) is 0 Å². The number of benzene rings is 2. The highest BCUT2D eigenvalue weighted by Crippen LogP contribution is 2.31. The Morgan fingerprint density at radius 2 is 1.81 bits per heavy atom. The van der Waals surface area contributed by atoms with E-state index in [-0.39, 0.29) is 5.52 Å². The highest BCUT2D eigenvalue weighted by atomic mass is 35.5. The molecule has 0 spiro atoms. The lowest BCUT2D eigenvalue weighted by atomic mass is 10.1. The molecule has 0 saturated carbocycles. The van der Waals surface area contributed by atoms with Crippen LogP contribution in [0, 0.1) is 6.92 Å². The van der Waals surface area contributed by atoms with E-state index in [1.807, 2.05) is 19.1 Å². The standard InChI is InChI=1S/C25H19ClN6O4/c1-14-21(15-3-6-17(26)7-4-15)23-28-27-22-18(32(23)29-14)9-10-31(25(22)34)30-24(33)16-5-8-19-20(13-16)36-12-2-11-35-19/h3-10,13H,2,11-12H2,1H3,(H,30,33). The Morgan fingerprint density at radius 3 is 2.61 bits per heavy atom. The van der Waals surface area contributed by atoms with Crippen LogP contribution in [-0.2, 0) is 0 Å². The molecule has 3 aromatic heterocycles. The first-order chi connectivity index (χ1) is 17.5. The highest BCUT2D eigenvalue weighted by Gasteiger charge is 2.19. The fraction of sp³-hybridized carbons (Fsp3) is 0.160. The normalized spacial score (nSPS) is 13.1. The molecule has 4 heterocycles. The van der Waals surface area contributed by atoms with Crippen molar-refractivity contribution in [1.29, 1.82) is 0 Å². The molecule has 0 radical (unpaired) electrons. The Bertz CT molecular complexity index is 1710. The Hall–Kier alpha value is -4.44. The quantitative estimate of drug-likeness (QED) is 0.401. The van der Waals surface area contributed by atoms with E-state index in [9.17, 15) is 9.59 Å². The molecule has 0 aliphatic carbocycles. The number of amides is 1. The molecule has 0 fully saturated rings. The summed E-state index contributed by atoms with van der Waals surface area (Å²) in [5.74, 6) is 0.588. The summed E-state index contributed by atoms with van der Waals surface area (Å²) in [6, 6.07) is 13.9. The summed E-state index contributed by atoms with van der Waals surface area (Å²) >= 11 is 6.03. The number of carbonyl (C=O) groups excluding carboxylic acids is 1. The van der Waals surface area contributed by atoms with Gasteiger partial charge in [-0.1, -0.05) is 23.7 Å². The smallest absolute Gasteiger partial charge is 0.299 e. The molecule has 2 aromatic carbocycles. The number of carbonyl (C=O) groups is 1. The topological polar surface area (TPSA) is 113 Å². The highest BCUT2D eigenvalue weighted by molar-refractivity contribution is 6.30. The third-order valence-electron chi connectivity index (χ3n) is 5.92. The van der Waals surface area contributed by atoms with Crippen molar-refractivity contribution >= 4 is 34.2 Å². The predicted molar refractivity (Wildman–Crippen MR) is 133 cm³/mol. The average molecular weight is 503 g/mol. The van der Waals surface area contributed by atoms with E-state index in [1.165, 1.54) is 6.20 Å². The van der Waals surface area contributed by atoms with Crippen molar-refractivity contribution in [1.82, 2.24) is 24.5 Å². The van der Waals surface area contributed by atoms with Crippen LogP contribution in [0.1, 0.15) is 22.5 Å². The number of hydrogen-bond donors (Lipinski definition) is 1. The first-order valence-electron chi connectivity index (χ1n) is 11.2. The Labute approximate surface area is 209 Å². The maximum atomic E-state index is 13.2. The van der Waals surface area contributed by atoms with Gasteiger partial charge in [-0.25, -0.2) is 9.19 Å². The second kappa shape index (κ2) is 8.65. The van der Waals surface area contributed by atoms with Crippen LogP contribution in [0.2, 0.25) is 5.02 Å². The van der Waals surface area contributed by atoms with Crippen LogP contribution < -0.4 is 20.5 Å². The van der Waals surface area contributed by atoms with Gasteiger partial charge in [0.05, 0.1) is 24.5 Å². The minimum Gasteiger partial charge on any atom is -0.490 e. The van der Waals surface area contributed by atoms with Gasteiger partial charge in [0.25, 0.3) is 11.5 Å². The molecule has 11 heteroatoms. The van der Waals surface area contributed by atoms with E-state index in [1.54, 1.807) is 40.9 Å². The molecule has 0 bridgehead atoms. The summed E-state index contributed by atoms with van der Waals surface area (Å²) in [4.78, 5) is 26.0. The van der Waals surface area contributed by atoms with Crippen molar-refractivity contribution in [3.05, 3.63) is 81.4 Å². The first kappa shape index (κ1) is 22.1. The molecule has 1 aliphatic heterocycles. The van der Waals surface area contributed by atoms with Crippen molar-refractivity contribution in [3.8, 4) is 22.6 Å². The second-order valence-corrected chi connectivity index (χ2v) is 8.72. The molecule has 1 amide bonds. The maximum absolute atomic E-state index is 13.2. The van der Waals surface area contributed by atoms with Crippen molar-refractivity contribution in [3.63, 3.8) is 0 Å². The summed E-state index contributed by atoms with van der Waals surface area (Å²) in [6.07, 6.45) is 2.22. The zero-order valence-electron chi connectivity index (χ0n) is 19.1. The van der Waals surface area contributed by atoms with Crippen LogP contribution >= 0.6 is 11.6 Å². The van der Waals surface area contributed by atoms with E-state index in [2.05, 4.69) is 20.7 Å². The van der Waals surface area contributed by atoms with Gasteiger partial charge in [0.1, 0.15) is 5.52 Å². The lowest BCUT2D eigenvalue weighted by Gasteiger charge is -2.11. The van der Waals surface area contributed by atoms with E-state index in [4.69, 9.17) is 21.1 Å². The molecule has 180 valence electrons. The summed E-state index contributed by atoms with van der Waals surface area (Å²) < 4.78 is 13.9. The SMILES string of the molecule is Cc1nn2c(nnc3c(=O)n(NC(=O)c4ccc5c(c4)OCCCO5)ccc32)c1-c1ccc(Cl)cc1. The Balaban J connectivity index is 1.36. The molecule has 6 rings (SSSR count). The minimum atomic E-state index is -0.536. The number of hydrogen-bond acceptors (Lipinski definition) is 7. The molecule has 36 heavy (non-hydrogen) atoms. The van der Waals surface area contributed by atoms with Gasteiger partial charge >= 0.3 is 0 Å². The van der Waals surface area contributed by atoms with Crippen molar-refractivity contribution < 1.29 is 14.3 Å². The van der Waals surface area contributed by atoms with Gasteiger partial charge in [-0.3, -0.25) is 15.0 Å². The van der Waals surface area contributed by atoms with Gasteiger partial charge in [0, 0.05) is 23.2 Å². The minimum absolute atomic E-state index is 0.0640. The third kappa shape index (κ3) is 3.72. The zero-order valence-corrected chi connectivity index (χ0v) is 19.8. The van der Waals surface area contributed by atoms with Gasteiger partial charge in [-0.2, -0.15) is 5.10 Å². The molecule has 0 atom stereocenters. The number of aryl methyl sites for hydroxylation is 1. The van der Waals surface area contributed by atoms with E-state index in [0.717, 1.165) is 27.9 Å². The Kier molecular flexibility index (Phi) is 5.30. The molecule has 1 N–H and O–H groups in total. The van der Waals surface area contributed by atoms with Crippen LogP contribution in [0.15, 0.2) is 59.5 Å². The third-order valence-corrected chi connectivity index (χ3v) is 6.17. The number of nitrogens with zero attached hydrogens (tertiary/aromatic N) is 5. The molecule has 1 aliphatic rings. The van der Waals surface area contributed by atoms with Crippen LogP contribution in [0.4, 0.5) is 0 Å². The summed E-state index contributed by atoms with van der Waals surface area (Å²) in [5, 5.41) is 13.7. The molecule has 0 saturated heterocycles. The fourth-order valence-corrected chi connectivity index (χ4v) is 4.30. The lowest BCUT2D eigenvalue weighted by Crippen LogP contribution is -2.33. The number of ether oxygens (including phenoxy) is 2. The molecular formula is C25H19ClN6O4. The monoisotopic (exact) mass is 502 g/mol. The molecule has 10 nitrogen and oxygen atoms in total. The van der Waals surface area contributed by atoms with Crippen LogP contribution in [0.25, 0.3) is 27.8 Å². The number of fused-ring (bicyclic) bond motifs is 4. The van der Waals surface area contributed by atoms with E-state index >= 15 is 0 Å². The summed E-state index contributed by atoms with van der Waals surface area (Å²) in [5.41, 5.74) is 5.83. The molecule has 5 aromatic rings. The van der Waals surface area contributed by atoms with Crippen molar-refractivity contribution in [2.75, 3.05) is 18.6 Å². The summed E-state index contributed by atoms with van der Waals surface area (Å²) in [7, 11) is 0. The summed E-state index contributed by atoms with van der Waals surface area (Å²) in [6.45, 7) is 2.92. The van der Waals surface area contributed by atoms with Gasteiger partial charge in [-0.05, 0) is 48.9 Å². The van der Waals surface area contributed by atoms with Crippen molar-refractivity contribution in [2.45, 2.75) is 13.3 Å². The number of halogens is 1. The predicted octanol–water partition coefficient (Wildman–Crippen LogP) is 3.61. The number of rotatable bonds is 3. The number of aromatic nitrogens is 5. The van der Waals surface area contributed by atoms with Gasteiger partial charge in [-0.15, -0.1) is 10.2 Å². The zero-order chi connectivity index (χ0) is 24.8. The van der Waals surface area contributed by atoms with Crippen LogP contribution in [0.5, 0.6) is 11.5 Å². The first-order valence-corrected chi connectivity index (χ1v) is 11.6. The van der Waals surface area contributed by atoms with Gasteiger partial charge < -0.3 is 9.47 Å². The van der Waals surface area contributed by atoms with E-state index < -0.39 is 11.5 Å². The maximum Gasteiger partial charge on any atom is 0.299 e. The fourth-order valence-electron chi connectivity index (χ4n) is 4.17. The molecule has 0 unspecified atom stereocenters. The van der Waals surface area contributed by atoms with Gasteiger partial charge in [0.2, 0.25) is 0 Å². The number of nitrogens with one attached hydrogen (secondary N) is 1. The molecular weight excluding hydrogens is 484 g/mol. The average Bonchev–Trinajstić information content (AvgIpc) is 3.05. The largest absolute Gasteiger partial charge is 0.490 e. The lowest BCUT2D eigenvalue weighted by molar-refractivity contribution is 0.101.